The SMILES string of the molecule is CCOC(=O)C1=C(CN2CCN(c3ccc(C)cc3C)CC2)NC(=O)N[C@H]1c1ccc(Cl)cc1. The largest absolute Gasteiger partial charge is 0.463 e. The van der Waals surface area contributed by atoms with E-state index in [-0.39, 0.29) is 12.6 Å². The minimum atomic E-state index is -0.600. The molecule has 7 nitrogen and oxygen atoms in total. The monoisotopic (exact) mass is 482 g/mol. The number of rotatable bonds is 6. The fourth-order valence-electron chi connectivity index (χ4n) is 4.63. The van der Waals surface area contributed by atoms with Gasteiger partial charge in [-0.25, -0.2) is 9.59 Å². The van der Waals surface area contributed by atoms with Gasteiger partial charge in [-0.3, -0.25) is 4.90 Å². The topological polar surface area (TPSA) is 73.9 Å². The van der Waals surface area contributed by atoms with E-state index in [9.17, 15) is 9.59 Å². The number of hydrogen-bond acceptors (Lipinski definition) is 5. The van der Waals surface area contributed by atoms with Gasteiger partial charge in [-0.05, 0) is 50.1 Å². The molecule has 180 valence electrons. The lowest BCUT2D eigenvalue weighted by Gasteiger charge is -2.38. The Kier molecular flexibility index (Phi) is 7.44. The van der Waals surface area contributed by atoms with E-state index in [1.165, 1.54) is 16.8 Å². The fourth-order valence-corrected chi connectivity index (χ4v) is 4.75. The number of aryl methyl sites for hydroxylation is 2. The number of halogens is 1. The standard InChI is InChI=1S/C26H31ClN4O3/c1-4-34-25(32)23-21(28-26(33)29-24(23)19-6-8-20(27)9-7-19)16-30-11-13-31(14-12-30)22-10-5-17(2)15-18(22)3/h5-10,15,24H,4,11-14,16H2,1-3H3,(H2,28,29,33)/t24-/m0/s1. The van der Waals surface area contributed by atoms with Gasteiger partial charge in [0.1, 0.15) is 0 Å². The van der Waals surface area contributed by atoms with Crippen LogP contribution in [-0.2, 0) is 9.53 Å². The van der Waals surface area contributed by atoms with Crippen molar-refractivity contribution in [2.75, 3.05) is 44.2 Å². The third kappa shape index (κ3) is 5.37. The minimum Gasteiger partial charge on any atom is -0.463 e. The Bertz CT molecular complexity index is 1090. The van der Waals surface area contributed by atoms with Crippen LogP contribution in [-0.4, -0.2) is 56.2 Å². The van der Waals surface area contributed by atoms with Crippen LogP contribution in [0, 0.1) is 13.8 Å². The molecule has 1 atom stereocenters. The summed E-state index contributed by atoms with van der Waals surface area (Å²) in [6, 6.07) is 12.7. The lowest BCUT2D eigenvalue weighted by Crippen LogP contribution is -2.52. The van der Waals surface area contributed by atoms with Gasteiger partial charge >= 0.3 is 12.0 Å². The number of urea groups is 1. The van der Waals surface area contributed by atoms with Crippen LogP contribution in [0.25, 0.3) is 0 Å². The van der Waals surface area contributed by atoms with Crippen LogP contribution < -0.4 is 15.5 Å². The number of piperazine rings is 1. The zero-order valence-electron chi connectivity index (χ0n) is 19.9. The number of ether oxygens (including phenoxy) is 1. The van der Waals surface area contributed by atoms with Gasteiger partial charge in [0, 0.05) is 49.1 Å². The predicted molar refractivity (Wildman–Crippen MR) is 134 cm³/mol. The molecule has 2 aromatic carbocycles. The number of hydrogen-bond donors (Lipinski definition) is 2. The molecule has 0 unspecified atom stereocenters. The van der Waals surface area contributed by atoms with Crippen molar-refractivity contribution in [2.45, 2.75) is 26.8 Å². The van der Waals surface area contributed by atoms with E-state index in [4.69, 9.17) is 16.3 Å². The van der Waals surface area contributed by atoms with Crippen molar-refractivity contribution >= 4 is 29.3 Å². The summed E-state index contributed by atoms with van der Waals surface area (Å²) in [6.45, 7) is 10.1. The Morgan fingerprint density at radius 1 is 1.09 bits per heavy atom. The van der Waals surface area contributed by atoms with Crippen LogP contribution in [0.1, 0.15) is 29.7 Å². The zero-order valence-corrected chi connectivity index (χ0v) is 20.6. The highest BCUT2D eigenvalue weighted by atomic mass is 35.5. The van der Waals surface area contributed by atoms with Crippen molar-refractivity contribution in [2.24, 2.45) is 0 Å². The first-order valence-electron chi connectivity index (χ1n) is 11.6. The van der Waals surface area contributed by atoms with Gasteiger partial charge in [-0.15, -0.1) is 0 Å². The summed E-state index contributed by atoms with van der Waals surface area (Å²) < 4.78 is 5.37. The second-order valence-electron chi connectivity index (χ2n) is 8.75. The lowest BCUT2D eigenvalue weighted by atomic mass is 9.95. The molecule has 2 N–H and O–H groups in total. The van der Waals surface area contributed by atoms with Crippen molar-refractivity contribution in [3.63, 3.8) is 0 Å². The van der Waals surface area contributed by atoms with Crippen molar-refractivity contribution in [3.05, 3.63) is 75.4 Å². The molecule has 0 radical (unpaired) electrons. The van der Waals surface area contributed by atoms with E-state index < -0.39 is 12.0 Å². The van der Waals surface area contributed by atoms with E-state index in [2.05, 4.69) is 52.5 Å². The predicted octanol–water partition coefficient (Wildman–Crippen LogP) is 3.95. The van der Waals surface area contributed by atoms with Gasteiger partial charge < -0.3 is 20.3 Å². The fraction of sp³-hybridized carbons (Fsp3) is 0.385. The molecular formula is C26H31ClN4O3. The summed E-state index contributed by atoms with van der Waals surface area (Å²) in [5.41, 5.74) is 5.59. The Balaban J connectivity index is 1.55. The molecule has 2 aliphatic rings. The molecule has 0 saturated carbocycles. The zero-order chi connectivity index (χ0) is 24.2. The number of nitrogens with one attached hydrogen (secondary N) is 2. The Hall–Kier alpha value is -3.03. The van der Waals surface area contributed by atoms with E-state index in [1.807, 2.05) is 12.1 Å². The normalized spacial score (nSPS) is 19.0. The van der Waals surface area contributed by atoms with E-state index in [0.717, 1.165) is 31.7 Å². The van der Waals surface area contributed by atoms with Gasteiger partial charge in [0.25, 0.3) is 0 Å². The Labute approximate surface area is 205 Å². The van der Waals surface area contributed by atoms with Crippen LogP contribution >= 0.6 is 11.6 Å². The summed E-state index contributed by atoms with van der Waals surface area (Å²) >= 11 is 6.04. The second-order valence-corrected chi connectivity index (χ2v) is 9.19. The first-order chi connectivity index (χ1) is 16.4. The molecule has 34 heavy (non-hydrogen) atoms. The smallest absolute Gasteiger partial charge is 0.338 e. The second kappa shape index (κ2) is 10.5. The molecular weight excluding hydrogens is 452 g/mol. The van der Waals surface area contributed by atoms with Gasteiger partial charge in [0.05, 0.1) is 18.2 Å². The van der Waals surface area contributed by atoms with Gasteiger partial charge in [-0.1, -0.05) is 41.4 Å². The highest BCUT2D eigenvalue weighted by Gasteiger charge is 2.34. The number of anilines is 1. The molecule has 1 saturated heterocycles. The molecule has 4 rings (SSSR count). The van der Waals surface area contributed by atoms with E-state index in [0.29, 0.717) is 22.8 Å². The molecule has 0 bridgehead atoms. The summed E-state index contributed by atoms with van der Waals surface area (Å²) in [4.78, 5) is 30.2. The quantitative estimate of drug-likeness (QED) is 0.610. The van der Waals surface area contributed by atoms with E-state index in [1.54, 1.807) is 19.1 Å². The average Bonchev–Trinajstić information content (AvgIpc) is 2.80. The molecule has 2 amide bonds. The molecule has 2 heterocycles. The van der Waals surface area contributed by atoms with E-state index >= 15 is 0 Å². The maximum atomic E-state index is 13.0. The Morgan fingerprint density at radius 3 is 2.44 bits per heavy atom. The highest BCUT2D eigenvalue weighted by molar-refractivity contribution is 6.30. The minimum absolute atomic E-state index is 0.255. The first-order valence-corrected chi connectivity index (χ1v) is 12.0. The molecule has 1 fully saturated rings. The maximum Gasteiger partial charge on any atom is 0.338 e. The molecule has 2 aliphatic heterocycles. The van der Waals surface area contributed by atoms with Crippen molar-refractivity contribution in [1.82, 2.24) is 15.5 Å². The summed E-state index contributed by atoms with van der Waals surface area (Å²) in [7, 11) is 0. The number of benzene rings is 2. The van der Waals surface area contributed by atoms with Crippen molar-refractivity contribution in [3.8, 4) is 0 Å². The third-order valence-electron chi connectivity index (χ3n) is 6.30. The van der Waals surface area contributed by atoms with Crippen molar-refractivity contribution < 1.29 is 14.3 Å². The summed E-state index contributed by atoms with van der Waals surface area (Å²) in [5.74, 6) is -0.432. The highest BCUT2D eigenvalue weighted by Crippen LogP contribution is 2.29. The number of nitrogens with zero attached hydrogens (tertiary/aromatic N) is 2. The lowest BCUT2D eigenvalue weighted by molar-refractivity contribution is -0.139. The Morgan fingerprint density at radius 2 is 1.79 bits per heavy atom. The number of carbonyl (C=O) groups excluding carboxylic acids is 2. The van der Waals surface area contributed by atoms with Crippen LogP contribution in [0.2, 0.25) is 5.02 Å². The third-order valence-corrected chi connectivity index (χ3v) is 6.55. The first kappa shape index (κ1) is 24.1. The summed E-state index contributed by atoms with van der Waals surface area (Å²) in [5, 5.41) is 6.33. The van der Waals surface area contributed by atoms with Crippen LogP contribution in [0.15, 0.2) is 53.7 Å². The number of carbonyl (C=O) groups is 2. The molecule has 0 aliphatic carbocycles. The van der Waals surface area contributed by atoms with Crippen LogP contribution in [0.5, 0.6) is 0 Å². The van der Waals surface area contributed by atoms with Crippen LogP contribution in [0.4, 0.5) is 10.5 Å². The van der Waals surface area contributed by atoms with Crippen molar-refractivity contribution in [1.29, 1.82) is 0 Å². The summed E-state index contributed by atoms with van der Waals surface area (Å²) in [6.07, 6.45) is 0. The molecule has 0 spiro atoms. The number of esters is 1. The van der Waals surface area contributed by atoms with Gasteiger partial charge in [0.2, 0.25) is 0 Å². The van der Waals surface area contributed by atoms with Crippen LogP contribution in [0.3, 0.4) is 0 Å². The number of amides is 2. The van der Waals surface area contributed by atoms with Gasteiger partial charge in [-0.2, -0.15) is 0 Å². The maximum absolute atomic E-state index is 13.0. The molecule has 0 aromatic heterocycles. The average molecular weight is 483 g/mol. The molecule has 8 heteroatoms. The van der Waals surface area contributed by atoms with Gasteiger partial charge in [0.15, 0.2) is 0 Å². The molecule has 2 aromatic rings.